The number of nitrogens with zero attached hydrogens (tertiary/aromatic N) is 2. The number of hydrogen-bond acceptors (Lipinski definition) is 5. The van der Waals surface area contributed by atoms with E-state index in [4.69, 9.17) is 9.47 Å². The van der Waals surface area contributed by atoms with Crippen molar-refractivity contribution in [3.63, 3.8) is 0 Å². The van der Waals surface area contributed by atoms with Crippen molar-refractivity contribution in [2.45, 2.75) is 19.3 Å². The molecular weight excluding hydrogens is 450 g/mol. The summed E-state index contributed by atoms with van der Waals surface area (Å²) in [6, 6.07) is 24.3. The number of benzene rings is 3. The third-order valence-corrected chi connectivity index (χ3v) is 6.77. The van der Waals surface area contributed by atoms with E-state index < -0.39 is 0 Å². The van der Waals surface area contributed by atoms with Gasteiger partial charge in [0.25, 0.3) is 0 Å². The van der Waals surface area contributed by atoms with E-state index in [0.29, 0.717) is 13.0 Å². The van der Waals surface area contributed by atoms with E-state index in [1.54, 1.807) is 14.2 Å². The Hall–Kier alpha value is -3.51. The Morgan fingerprint density at radius 2 is 1.64 bits per heavy atom. The molecule has 1 saturated heterocycles. The molecular formula is C30H37N3O3. The molecule has 0 aromatic heterocycles. The average molecular weight is 488 g/mol. The lowest BCUT2D eigenvalue weighted by atomic mass is 9.97. The minimum absolute atomic E-state index is 0.0655. The van der Waals surface area contributed by atoms with Crippen LogP contribution in [0.15, 0.2) is 72.8 Å². The highest BCUT2D eigenvalue weighted by Gasteiger charge is 2.19. The molecule has 0 unspecified atom stereocenters. The van der Waals surface area contributed by atoms with Gasteiger partial charge < -0.3 is 19.7 Å². The first kappa shape index (κ1) is 25.6. The third kappa shape index (κ3) is 6.79. The molecule has 1 N–H and O–H groups in total. The minimum Gasteiger partial charge on any atom is -0.497 e. The summed E-state index contributed by atoms with van der Waals surface area (Å²) in [4.78, 5) is 17.6. The van der Waals surface area contributed by atoms with Gasteiger partial charge in [-0.3, -0.25) is 9.69 Å². The number of amides is 1. The summed E-state index contributed by atoms with van der Waals surface area (Å²) in [7, 11) is 3.40. The molecule has 0 radical (unpaired) electrons. The second kappa shape index (κ2) is 13.0. The molecule has 0 bridgehead atoms. The van der Waals surface area contributed by atoms with E-state index >= 15 is 0 Å². The van der Waals surface area contributed by atoms with E-state index in [1.165, 1.54) is 5.69 Å². The zero-order chi connectivity index (χ0) is 25.2. The molecule has 0 aliphatic carbocycles. The predicted octanol–water partition coefficient (Wildman–Crippen LogP) is 4.63. The number of piperazine rings is 1. The van der Waals surface area contributed by atoms with Crippen molar-refractivity contribution in [1.29, 1.82) is 0 Å². The van der Waals surface area contributed by atoms with Gasteiger partial charge in [0, 0.05) is 32.7 Å². The highest BCUT2D eigenvalue weighted by Crippen LogP contribution is 2.29. The molecule has 1 amide bonds. The summed E-state index contributed by atoms with van der Waals surface area (Å²) in [5, 5.41) is 3.11. The van der Waals surface area contributed by atoms with Crippen LogP contribution < -0.4 is 19.7 Å². The van der Waals surface area contributed by atoms with Crippen LogP contribution in [-0.2, 0) is 11.2 Å². The number of carbonyl (C=O) groups is 1. The average Bonchev–Trinajstić information content (AvgIpc) is 2.93. The molecule has 190 valence electrons. The maximum atomic E-state index is 12.6. The Bertz CT molecular complexity index is 1130. The van der Waals surface area contributed by atoms with E-state index in [9.17, 15) is 4.79 Å². The van der Waals surface area contributed by atoms with E-state index in [1.807, 2.05) is 48.5 Å². The number of nitrogens with one attached hydrogen (secondary N) is 1. The van der Waals surface area contributed by atoms with Gasteiger partial charge in [0.05, 0.1) is 26.3 Å². The summed E-state index contributed by atoms with van der Waals surface area (Å²) >= 11 is 0. The highest BCUT2D eigenvalue weighted by atomic mass is 16.5. The second-order valence-corrected chi connectivity index (χ2v) is 9.12. The summed E-state index contributed by atoms with van der Waals surface area (Å²) in [6.45, 7) is 5.88. The van der Waals surface area contributed by atoms with Crippen LogP contribution in [0.4, 0.5) is 5.69 Å². The van der Waals surface area contributed by atoms with E-state index in [-0.39, 0.29) is 5.91 Å². The fourth-order valence-electron chi connectivity index (χ4n) is 4.77. The molecule has 3 aromatic carbocycles. The van der Waals surface area contributed by atoms with Crippen molar-refractivity contribution >= 4 is 11.6 Å². The molecule has 4 rings (SSSR count). The topological polar surface area (TPSA) is 54.0 Å². The maximum Gasteiger partial charge on any atom is 0.224 e. The number of unbranched alkanes of at least 4 members (excludes halogenated alkanes) is 1. The maximum absolute atomic E-state index is 12.6. The molecule has 0 spiro atoms. The van der Waals surface area contributed by atoms with Gasteiger partial charge in [-0.1, -0.05) is 48.5 Å². The van der Waals surface area contributed by atoms with E-state index in [0.717, 1.165) is 73.8 Å². The summed E-state index contributed by atoms with van der Waals surface area (Å²) in [6.07, 6.45) is 2.43. The molecule has 6 heteroatoms. The number of rotatable bonds is 11. The fourth-order valence-corrected chi connectivity index (χ4v) is 4.77. The van der Waals surface area contributed by atoms with Crippen LogP contribution in [0.25, 0.3) is 11.1 Å². The van der Waals surface area contributed by atoms with Crippen LogP contribution in [0.5, 0.6) is 11.5 Å². The van der Waals surface area contributed by atoms with Crippen LogP contribution >= 0.6 is 0 Å². The quantitative estimate of drug-likeness (QED) is 0.400. The lowest BCUT2D eigenvalue weighted by Crippen LogP contribution is -2.46. The lowest BCUT2D eigenvalue weighted by molar-refractivity contribution is -0.120. The molecule has 1 aliphatic rings. The second-order valence-electron chi connectivity index (χ2n) is 9.12. The number of para-hydroxylation sites is 2. The number of anilines is 1. The molecule has 1 heterocycles. The van der Waals surface area contributed by atoms with Gasteiger partial charge in [-0.05, 0) is 60.3 Å². The smallest absolute Gasteiger partial charge is 0.224 e. The predicted molar refractivity (Wildman–Crippen MR) is 146 cm³/mol. The SMILES string of the molecule is COc1cccc(-c2ccccc2CC(=O)NCCCCN2CCN(c3ccccc3OC)CC2)c1. The Balaban J connectivity index is 1.17. The van der Waals surface area contributed by atoms with Crippen molar-refractivity contribution in [2.24, 2.45) is 0 Å². The molecule has 0 atom stereocenters. The molecule has 1 aliphatic heterocycles. The summed E-state index contributed by atoms with van der Waals surface area (Å²) in [5.74, 6) is 1.82. The lowest BCUT2D eigenvalue weighted by Gasteiger charge is -2.36. The van der Waals surface area contributed by atoms with Crippen molar-refractivity contribution in [3.05, 3.63) is 78.4 Å². The normalized spacial score (nSPS) is 13.9. The number of ether oxygens (including phenoxy) is 2. The number of carbonyl (C=O) groups excluding carboxylic acids is 1. The summed E-state index contributed by atoms with van der Waals surface area (Å²) in [5.41, 5.74) is 4.33. The largest absolute Gasteiger partial charge is 0.497 e. The van der Waals surface area contributed by atoms with Gasteiger partial charge in [-0.15, -0.1) is 0 Å². The monoisotopic (exact) mass is 487 g/mol. The van der Waals surface area contributed by atoms with Crippen LogP contribution in [0, 0.1) is 0 Å². The Labute approximate surface area is 214 Å². The molecule has 1 fully saturated rings. The Kier molecular flexibility index (Phi) is 9.22. The molecule has 36 heavy (non-hydrogen) atoms. The van der Waals surface area contributed by atoms with Gasteiger partial charge in [0.2, 0.25) is 5.91 Å². The standard InChI is InChI=1S/C30H37N3O3/c1-35-26-12-9-11-24(22-26)27-13-4-3-10-25(27)23-30(34)31-16-7-8-17-32-18-20-33(21-19-32)28-14-5-6-15-29(28)36-2/h3-6,9-15,22H,7-8,16-21,23H2,1-2H3,(H,31,34). The van der Waals surface area contributed by atoms with Crippen molar-refractivity contribution in [3.8, 4) is 22.6 Å². The van der Waals surface area contributed by atoms with Crippen LogP contribution in [0.2, 0.25) is 0 Å². The summed E-state index contributed by atoms with van der Waals surface area (Å²) < 4.78 is 10.9. The first-order chi connectivity index (χ1) is 17.7. The van der Waals surface area contributed by atoms with Gasteiger partial charge >= 0.3 is 0 Å². The van der Waals surface area contributed by atoms with Gasteiger partial charge in [-0.25, -0.2) is 0 Å². The molecule has 0 saturated carbocycles. The van der Waals surface area contributed by atoms with E-state index in [2.05, 4.69) is 39.4 Å². The van der Waals surface area contributed by atoms with Crippen molar-refractivity contribution in [2.75, 3.05) is 58.4 Å². The molecule has 3 aromatic rings. The number of hydrogen-bond donors (Lipinski definition) is 1. The Morgan fingerprint density at radius 1 is 0.861 bits per heavy atom. The van der Waals surface area contributed by atoms with Crippen LogP contribution in [0.1, 0.15) is 18.4 Å². The zero-order valence-electron chi connectivity index (χ0n) is 21.4. The third-order valence-electron chi connectivity index (χ3n) is 6.77. The first-order valence-electron chi connectivity index (χ1n) is 12.8. The van der Waals surface area contributed by atoms with Crippen molar-refractivity contribution < 1.29 is 14.3 Å². The van der Waals surface area contributed by atoms with Crippen LogP contribution in [0.3, 0.4) is 0 Å². The minimum atomic E-state index is 0.0655. The highest BCUT2D eigenvalue weighted by molar-refractivity contribution is 5.82. The fraction of sp³-hybridized carbons (Fsp3) is 0.367. The van der Waals surface area contributed by atoms with Crippen molar-refractivity contribution in [1.82, 2.24) is 10.2 Å². The van der Waals surface area contributed by atoms with Gasteiger partial charge in [0.15, 0.2) is 0 Å². The molecule has 6 nitrogen and oxygen atoms in total. The van der Waals surface area contributed by atoms with Gasteiger partial charge in [0.1, 0.15) is 11.5 Å². The number of methoxy groups -OCH3 is 2. The Morgan fingerprint density at radius 3 is 2.44 bits per heavy atom. The van der Waals surface area contributed by atoms with Gasteiger partial charge in [-0.2, -0.15) is 0 Å². The van der Waals surface area contributed by atoms with Crippen LogP contribution in [-0.4, -0.2) is 64.3 Å². The zero-order valence-corrected chi connectivity index (χ0v) is 21.4. The first-order valence-corrected chi connectivity index (χ1v) is 12.8.